The lowest BCUT2D eigenvalue weighted by Crippen LogP contribution is -2.08. The van der Waals surface area contributed by atoms with Crippen LogP contribution in [-0.4, -0.2) is 21.1 Å². The molecule has 0 aliphatic carbocycles. The van der Waals surface area contributed by atoms with Crippen LogP contribution in [0.1, 0.15) is 5.69 Å². The highest BCUT2D eigenvalue weighted by molar-refractivity contribution is 7.13. The van der Waals surface area contributed by atoms with Gasteiger partial charge in [-0.3, -0.25) is 4.79 Å². The van der Waals surface area contributed by atoms with Crippen LogP contribution >= 0.6 is 11.3 Å². The molecule has 0 unspecified atom stereocenters. The number of alkyl halides is 2. The summed E-state index contributed by atoms with van der Waals surface area (Å²) in [4.78, 5) is 20.9. The average molecular weight is 364 g/mol. The molecule has 1 aromatic carbocycles. The van der Waals surface area contributed by atoms with Gasteiger partial charge in [-0.15, -0.1) is 0 Å². The van der Waals surface area contributed by atoms with E-state index in [4.69, 9.17) is 0 Å². The van der Waals surface area contributed by atoms with E-state index in [1.807, 2.05) is 6.92 Å². The zero-order chi connectivity index (χ0) is 18.0. The summed E-state index contributed by atoms with van der Waals surface area (Å²) in [7, 11) is 1.69. The van der Waals surface area contributed by atoms with Crippen molar-refractivity contribution >= 4 is 23.0 Å². The van der Waals surface area contributed by atoms with Crippen LogP contribution in [0.2, 0.25) is 0 Å². The van der Waals surface area contributed by atoms with E-state index in [2.05, 4.69) is 20.0 Å². The number of halogens is 2. The fourth-order valence-electron chi connectivity index (χ4n) is 2.19. The van der Waals surface area contributed by atoms with E-state index in [-0.39, 0.29) is 16.6 Å². The number of nitrogens with zero attached hydrogens (tertiary/aromatic N) is 3. The summed E-state index contributed by atoms with van der Waals surface area (Å²) in [6, 6.07) is 7.96. The van der Waals surface area contributed by atoms with Gasteiger partial charge in [-0.1, -0.05) is 23.5 Å². The Bertz CT molecular complexity index is 955. The maximum atomic E-state index is 12.5. The van der Waals surface area contributed by atoms with Crippen LogP contribution in [0, 0.1) is 6.92 Å². The largest absolute Gasteiger partial charge is 0.433 e. The van der Waals surface area contributed by atoms with E-state index in [0.717, 1.165) is 21.9 Å². The van der Waals surface area contributed by atoms with E-state index < -0.39 is 6.61 Å². The van der Waals surface area contributed by atoms with Crippen LogP contribution in [0.5, 0.6) is 5.75 Å². The monoisotopic (exact) mass is 364 g/mol. The third-order valence-corrected chi connectivity index (χ3v) is 4.69. The first kappa shape index (κ1) is 17.0. The highest BCUT2D eigenvalue weighted by atomic mass is 32.1. The molecular weight excluding hydrogens is 350 g/mol. The highest BCUT2D eigenvalue weighted by Crippen LogP contribution is 2.29. The number of thiazole rings is 1. The number of nitrogens with one attached hydrogen (secondary N) is 1. The van der Waals surface area contributed by atoms with E-state index in [1.165, 1.54) is 12.3 Å². The molecule has 2 heterocycles. The second-order valence-electron chi connectivity index (χ2n) is 5.11. The third kappa shape index (κ3) is 3.66. The van der Waals surface area contributed by atoms with Gasteiger partial charge in [0.15, 0.2) is 0 Å². The number of hydrogen-bond acceptors (Lipinski definition) is 6. The number of benzene rings is 1. The van der Waals surface area contributed by atoms with Gasteiger partial charge in [0.05, 0.1) is 16.3 Å². The first-order valence-electron chi connectivity index (χ1n) is 7.26. The lowest BCUT2D eigenvalue weighted by atomic mass is 10.3. The molecule has 3 aromatic rings. The number of anilines is 2. The van der Waals surface area contributed by atoms with Crippen molar-refractivity contribution in [2.24, 2.45) is 7.05 Å². The first-order chi connectivity index (χ1) is 12.0. The zero-order valence-electron chi connectivity index (χ0n) is 13.4. The molecule has 3 rings (SSSR count). The molecule has 0 bridgehead atoms. The summed E-state index contributed by atoms with van der Waals surface area (Å²) >= 11 is 1.09. The molecule has 0 fully saturated rings. The molecule has 0 atom stereocenters. The van der Waals surface area contributed by atoms with Crippen molar-refractivity contribution in [1.29, 1.82) is 0 Å². The number of hydrogen-bond donors (Lipinski definition) is 1. The fourth-order valence-corrected chi connectivity index (χ4v) is 3.14. The zero-order valence-corrected chi connectivity index (χ0v) is 14.2. The first-order valence-corrected chi connectivity index (χ1v) is 8.08. The van der Waals surface area contributed by atoms with Crippen LogP contribution in [0.4, 0.5) is 20.4 Å². The van der Waals surface area contributed by atoms with Gasteiger partial charge in [-0.05, 0) is 25.1 Å². The number of para-hydroxylation sites is 2. The van der Waals surface area contributed by atoms with E-state index in [9.17, 15) is 13.6 Å². The second-order valence-corrected chi connectivity index (χ2v) is 6.07. The van der Waals surface area contributed by atoms with Crippen LogP contribution in [0.25, 0.3) is 10.6 Å². The van der Waals surface area contributed by atoms with Gasteiger partial charge in [0.1, 0.15) is 5.75 Å². The number of rotatable bonds is 5. The van der Waals surface area contributed by atoms with Gasteiger partial charge >= 0.3 is 11.5 Å². The normalized spacial score (nSPS) is 10.9. The number of ether oxygens (including phenoxy) is 1. The standard InChI is InChI=1S/C16H14F2N4O2S/c1-9-13(25-16(23)22(9)2)11-7-8-19-15(21-11)20-10-5-3-4-6-12(10)24-14(17)18/h3-8,14H,1-2H3,(H,19,20,21). The Morgan fingerprint density at radius 1 is 1.28 bits per heavy atom. The summed E-state index contributed by atoms with van der Waals surface area (Å²) in [5.41, 5.74) is 1.68. The molecule has 1 N–H and O–H groups in total. The predicted molar refractivity (Wildman–Crippen MR) is 91.7 cm³/mol. The SMILES string of the molecule is Cc1c(-c2ccnc(Nc3ccccc3OC(F)F)n2)sc(=O)n1C. The Morgan fingerprint density at radius 3 is 2.72 bits per heavy atom. The summed E-state index contributed by atoms with van der Waals surface area (Å²) in [6.45, 7) is -1.10. The Hall–Kier alpha value is -2.81. The van der Waals surface area contributed by atoms with Gasteiger partial charge in [0, 0.05) is 18.9 Å². The van der Waals surface area contributed by atoms with E-state index in [0.29, 0.717) is 11.4 Å². The summed E-state index contributed by atoms with van der Waals surface area (Å²) in [6.07, 6.45) is 1.53. The van der Waals surface area contributed by atoms with Crippen molar-refractivity contribution in [3.8, 4) is 16.3 Å². The maximum absolute atomic E-state index is 12.5. The topological polar surface area (TPSA) is 69.0 Å². The van der Waals surface area contributed by atoms with E-state index in [1.54, 1.807) is 35.9 Å². The Kier molecular flexibility index (Phi) is 4.75. The predicted octanol–water partition coefficient (Wildman–Crippen LogP) is 3.56. The van der Waals surface area contributed by atoms with Gasteiger partial charge in [0.2, 0.25) is 5.95 Å². The quantitative estimate of drug-likeness (QED) is 0.750. The van der Waals surface area contributed by atoms with Crippen LogP contribution < -0.4 is 14.9 Å². The van der Waals surface area contributed by atoms with Gasteiger partial charge in [-0.25, -0.2) is 9.97 Å². The Morgan fingerprint density at radius 2 is 2.04 bits per heavy atom. The van der Waals surface area contributed by atoms with E-state index >= 15 is 0 Å². The molecule has 6 nitrogen and oxygen atoms in total. The van der Waals surface area contributed by atoms with Crippen molar-refractivity contribution in [3.05, 3.63) is 51.9 Å². The summed E-state index contributed by atoms with van der Waals surface area (Å²) in [5.74, 6) is 0.206. The van der Waals surface area contributed by atoms with Crippen molar-refractivity contribution in [3.63, 3.8) is 0 Å². The van der Waals surface area contributed by atoms with Crippen molar-refractivity contribution in [2.45, 2.75) is 13.5 Å². The van der Waals surface area contributed by atoms with Gasteiger partial charge < -0.3 is 14.6 Å². The van der Waals surface area contributed by atoms with Crippen LogP contribution in [-0.2, 0) is 7.05 Å². The lowest BCUT2D eigenvalue weighted by molar-refractivity contribution is -0.0493. The molecule has 0 spiro atoms. The minimum atomic E-state index is -2.93. The molecule has 0 aliphatic heterocycles. The van der Waals surface area contributed by atoms with Crippen molar-refractivity contribution in [2.75, 3.05) is 5.32 Å². The smallest absolute Gasteiger partial charge is 0.387 e. The minimum absolute atomic E-state index is 0.00736. The Labute approximate surface area is 145 Å². The molecule has 130 valence electrons. The maximum Gasteiger partial charge on any atom is 0.387 e. The molecular formula is C16H14F2N4O2S. The average Bonchev–Trinajstić information content (AvgIpc) is 2.84. The summed E-state index contributed by atoms with van der Waals surface area (Å²) in [5, 5.41) is 2.87. The van der Waals surface area contributed by atoms with Crippen LogP contribution in [0.15, 0.2) is 41.3 Å². The molecule has 0 amide bonds. The minimum Gasteiger partial charge on any atom is -0.433 e. The van der Waals surface area contributed by atoms with Crippen LogP contribution in [0.3, 0.4) is 0 Å². The van der Waals surface area contributed by atoms with Gasteiger partial charge in [-0.2, -0.15) is 8.78 Å². The molecule has 0 aliphatic rings. The molecule has 0 saturated heterocycles. The molecule has 0 radical (unpaired) electrons. The summed E-state index contributed by atoms with van der Waals surface area (Å²) < 4.78 is 31.0. The second kappa shape index (κ2) is 6.98. The highest BCUT2D eigenvalue weighted by Gasteiger charge is 2.14. The molecule has 0 saturated carbocycles. The Balaban J connectivity index is 1.93. The van der Waals surface area contributed by atoms with Crippen molar-refractivity contribution in [1.82, 2.24) is 14.5 Å². The third-order valence-electron chi connectivity index (χ3n) is 3.53. The molecule has 2 aromatic heterocycles. The molecule has 25 heavy (non-hydrogen) atoms. The van der Waals surface area contributed by atoms with Gasteiger partial charge in [0.25, 0.3) is 0 Å². The lowest BCUT2D eigenvalue weighted by Gasteiger charge is -2.11. The number of aromatic nitrogens is 3. The molecule has 9 heteroatoms. The fraction of sp³-hybridized carbons (Fsp3) is 0.188. The van der Waals surface area contributed by atoms with Crippen molar-refractivity contribution < 1.29 is 13.5 Å².